The minimum Gasteiger partial charge on any atom is -0.367 e. The zero-order chi connectivity index (χ0) is 10.8. The third kappa shape index (κ3) is 2.96. The molecular weight excluding hydrogens is 180 g/mol. The molecule has 1 rings (SSSR count). The lowest BCUT2D eigenvalue weighted by atomic mass is 9.98. The van der Waals surface area contributed by atoms with Crippen molar-refractivity contribution >= 4 is 5.97 Å². The number of nitrogens with one attached hydrogen (secondary N) is 1. The molecule has 0 radical (unpaired) electrons. The Hall–Kier alpha value is -0.610. The van der Waals surface area contributed by atoms with Gasteiger partial charge in [0.05, 0.1) is 11.5 Å². The van der Waals surface area contributed by atoms with E-state index in [2.05, 4.69) is 5.32 Å². The highest BCUT2D eigenvalue weighted by Gasteiger charge is 2.28. The number of hydroxylamine groups is 2. The number of carbonyl (C=O) groups excluding carboxylic acids is 1. The molecule has 0 saturated carbocycles. The van der Waals surface area contributed by atoms with Crippen molar-refractivity contribution in [1.29, 1.82) is 0 Å². The van der Waals surface area contributed by atoms with E-state index in [4.69, 9.17) is 4.84 Å². The largest absolute Gasteiger partial charge is 0.367 e. The van der Waals surface area contributed by atoms with Gasteiger partial charge in [0, 0.05) is 19.6 Å². The van der Waals surface area contributed by atoms with Gasteiger partial charge in [-0.05, 0) is 27.7 Å². The van der Waals surface area contributed by atoms with Crippen molar-refractivity contribution in [1.82, 2.24) is 10.4 Å². The van der Waals surface area contributed by atoms with E-state index in [0.29, 0.717) is 0 Å². The Bertz CT molecular complexity index is 211. The SMILES string of the molecule is C[C@@H]1CNCCN1OC(=O)C(C)(C)C. The lowest BCUT2D eigenvalue weighted by Gasteiger charge is -2.33. The summed E-state index contributed by atoms with van der Waals surface area (Å²) in [7, 11) is 0. The van der Waals surface area contributed by atoms with Crippen LogP contribution in [0.1, 0.15) is 27.7 Å². The van der Waals surface area contributed by atoms with E-state index in [-0.39, 0.29) is 12.0 Å². The molecule has 1 heterocycles. The highest BCUT2D eigenvalue weighted by molar-refractivity contribution is 5.75. The van der Waals surface area contributed by atoms with Crippen LogP contribution in [-0.4, -0.2) is 36.7 Å². The molecule has 0 spiro atoms. The zero-order valence-corrected chi connectivity index (χ0v) is 9.46. The molecule has 1 saturated heterocycles. The summed E-state index contributed by atoms with van der Waals surface area (Å²) in [5.74, 6) is -0.161. The lowest BCUT2D eigenvalue weighted by Crippen LogP contribution is -2.51. The minimum absolute atomic E-state index is 0.161. The van der Waals surface area contributed by atoms with E-state index in [0.717, 1.165) is 19.6 Å². The van der Waals surface area contributed by atoms with E-state index in [1.807, 2.05) is 27.7 Å². The van der Waals surface area contributed by atoms with Crippen LogP contribution in [-0.2, 0) is 9.63 Å². The number of rotatable bonds is 1. The molecular formula is C10H20N2O2. The first kappa shape index (κ1) is 11.5. The molecule has 0 aliphatic carbocycles. The molecule has 4 heteroatoms. The van der Waals surface area contributed by atoms with Crippen LogP contribution in [0, 0.1) is 5.41 Å². The molecule has 1 N–H and O–H groups in total. The van der Waals surface area contributed by atoms with E-state index in [9.17, 15) is 4.79 Å². The van der Waals surface area contributed by atoms with Gasteiger partial charge in [-0.2, -0.15) is 0 Å². The van der Waals surface area contributed by atoms with E-state index in [1.54, 1.807) is 5.06 Å². The molecule has 0 bridgehead atoms. The summed E-state index contributed by atoms with van der Waals surface area (Å²) in [6.45, 7) is 10.1. The summed E-state index contributed by atoms with van der Waals surface area (Å²) in [5.41, 5.74) is -0.426. The molecule has 1 aliphatic heterocycles. The van der Waals surface area contributed by atoms with Gasteiger partial charge in [-0.3, -0.25) is 0 Å². The summed E-state index contributed by atoms with van der Waals surface area (Å²) in [6.07, 6.45) is 0. The first-order valence-corrected chi connectivity index (χ1v) is 5.11. The van der Waals surface area contributed by atoms with E-state index >= 15 is 0 Å². The van der Waals surface area contributed by atoms with E-state index in [1.165, 1.54) is 0 Å². The average Bonchev–Trinajstić information content (AvgIpc) is 2.07. The van der Waals surface area contributed by atoms with Crippen LogP contribution in [0.2, 0.25) is 0 Å². The monoisotopic (exact) mass is 200 g/mol. The number of nitrogens with zero attached hydrogens (tertiary/aromatic N) is 1. The molecule has 0 unspecified atom stereocenters. The Balaban J connectivity index is 2.46. The van der Waals surface area contributed by atoms with Crippen LogP contribution in [0.4, 0.5) is 0 Å². The van der Waals surface area contributed by atoms with Crippen molar-refractivity contribution in [3.8, 4) is 0 Å². The molecule has 0 aromatic rings. The van der Waals surface area contributed by atoms with Crippen molar-refractivity contribution in [2.24, 2.45) is 5.41 Å². The zero-order valence-electron chi connectivity index (χ0n) is 9.46. The number of hydrogen-bond acceptors (Lipinski definition) is 4. The van der Waals surface area contributed by atoms with Crippen LogP contribution in [0.15, 0.2) is 0 Å². The maximum absolute atomic E-state index is 11.6. The molecule has 0 aromatic carbocycles. The Morgan fingerprint density at radius 1 is 1.50 bits per heavy atom. The Morgan fingerprint density at radius 3 is 2.64 bits per heavy atom. The minimum atomic E-state index is -0.426. The highest BCUT2D eigenvalue weighted by atomic mass is 16.7. The maximum atomic E-state index is 11.6. The first-order valence-electron chi connectivity index (χ1n) is 5.11. The van der Waals surface area contributed by atoms with Crippen LogP contribution in [0.25, 0.3) is 0 Å². The Labute approximate surface area is 85.6 Å². The number of piperazine rings is 1. The Kier molecular flexibility index (Phi) is 3.50. The molecule has 0 amide bonds. The summed E-state index contributed by atoms with van der Waals surface area (Å²) < 4.78 is 0. The number of carbonyl (C=O) groups is 1. The second-order valence-corrected chi connectivity index (χ2v) is 4.82. The molecule has 0 aromatic heterocycles. The molecule has 4 nitrogen and oxygen atoms in total. The van der Waals surface area contributed by atoms with Gasteiger partial charge < -0.3 is 10.2 Å². The van der Waals surface area contributed by atoms with Crippen LogP contribution in [0.5, 0.6) is 0 Å². The van der Waals surface area contributed by atoms with Gasteiger partial charge in [0.25, 0.3) is 0 Å². The van der Waals surface area contributed by atoms with Gasteiger partial charge in [0.1, 0.15) is 0 Å². The summed E-state index contributed by atoms with van der Waals surface area (Å²) >= 11 is 0. The standard InChI is InChI=1S/C10H20N2O2/c1-8-7-11-5-6-12(8)14-9(13)10(2,3)4/h8,11H,5-7H2,1-4H3/t8-/m1/s1. The van der Waals surface area contributed by atoms with Crippen LogP contribution < -0.4 is 5.32 Å². The smallest absolute Gasteiger partial charge is 0.330 e. The van der Waals surface area contributed by atoms with Gasteiger partial charge >= 0.3 is 5.97 Å². The first-order chi connectivity index (χ1) is 6.41. The fourth-order valence-electron chi connectivity index (χ4n) is 1.20. The fourth-order valence-corrected chi connectivity index (χ4v) is 1.20. The normalized spacial score (nSPS) is 24.7. The summed E-state index contributed by atoms with van der Waals surface area (Å²) in [4.78, 5) is 16.9. The molecule has 1 atom stereocenters. The molecule has 1 aliphatic rings. The van der Waals surface area contributed by atoms with Crippen LogP contribution in [0.3, 0.4) is 0 Å². The van der Waals surface area contributed by atoms with Gasteiger partial charge in [-0.1, -0.05) is 0 Å². The van der Waals surface area contributed by atoms with Gasteiger partial charge in [-0.25, -0.2) is 4.79 Å². The predicted molar refractivity (Wildman–Crippen MR) is 54.6 cm³/mol. The predicted octanol–water partition coefficient (Wildman–Crippen LogP) is 0.784. The summed E-state index contributed by atoms with van der Waals surface area (Å²) in [5, 5.41) is 5.01. The molecule has 14 heavy (non-hydrogen) atoms. The van der Waals surface area contributed by atoms with Crippen molar-refractivity contribution < 1.29 is 9.63 Å². The topological polar surface area (TPSA) is 41.6 Å². The maximum Gasteiger partial charge on any atom is 0.330 e. The third-order valence-electron chi connectivity index (χ3n) is 2.25. The van der Waals surface area contributed by atoms with Gasteiger partial charge in [0.2, 0.25) is 0 Å². The third-order valence-corrected chi connectivity index (χ3v) is 2.25. The number of hydrogen-bond donors (Lipinski definition) is 1. The second-order valence-electron chi connectivity index (χ2n) is 4.82. The molecule has 82 valence electrons. The van der Waals surface area contributed by atoms with Crippen LogP contribution >= 0.6 is 0 Å². The quantitative estimate of drug-likeness (QED) is 0.679. The summed E-state index contributed by atoms with van der Waals surface area (Å²) in [6, 6.07) is 0.259. The van der Waals surface area contributed by atoms with Gasteiger partial charge in [0.15, 0.2) is 0 Å². The second kappa shape index (κ2) is 4.28. The Morgan fingerprint density at radius 2 is 2.14 bits per heavy atom. The fraction of sp³-hybridized carbons (Fsp3) is 0.900. The van der Waals surface area contributed by atoms with Crippen molar-refractivity contribution in [2.45, 2.75) is 33.7 Å². The molecule has 1 fully saturated rings. The lowest BCUT2D eigenvalue weighted by molar-refractivity contribution is -0.212. The van der Waals surface area contributed by atoms with Crippen molar-refractivity contribution in [2.75, 3.05) is 19.6 Å². The highest BCUT2D eigenvalue weighted by Crippen LogP contribution is 2.17. The van der Waals surface area contributed by atoms with Crippen molar-refractivity contribution in [3.05, 3.63) is 0 Å². The average molecular weight is 200 g/mol. The van der Waals surface area contributed by atoms with Crippen molar-refractivity contribution in [3.63, 3.8) is 0 Å². The van der Waals surface area contributed by atoms with Gasteiger partial charge in [-0.15, -0.1) is 5.06 Å². The van der Waals surface area contributed by atoms with E-state index < -0.39 is 5.41 Å².